The van der Waals surface area contributed by atoms with Gasteiger partial charge in [0.05, 0.1) is 0 Å². The van der Waals surface area contributed by atoms with Gasteiger partial charge in [0.15, 0.2) is 0 Å². The number of rotatable bonds is 2. The maximum Gasteiger partial charge on any atom is 0.0449 e. The summed E-state index contributed by atoms with van der Waals surface area (Å²) in [4.78, 5) is 0. The Bertz CT molecular complexity index is 262. The highest BCUT2D eigenvalue weighted by molar-refractivity contribution is 8.05. The molecule has 0 bridgehead atoms. The average Bonchev–Trinajstić information content (AvgIpc) is 2.04. The lowest BCUT2D eigenvalue weighted by molar-refractivity contribution is 1.68. The van der Waals surface area contributed by atoms with Crippen LogP contribution in [0.15, 0.2) is 24.3 Å². The van der Waals surface area contributed by atoms with Gasteiger partial charge >= 0.3 is 0 Å². The number of hydrogen-bond donors (Lipinski definition) is 1. The first-order valence-electron chi connectivity index (χ1n) is 2.96. The molecule has 0 saturated heterocycles. The number of benzene rings is 1. The second kappa shape index (κ2) is 4.17. The zero-order chi connectivity index (χ0) is 8.10. The first-order chi connectivity index (χ1) is 5.33. The van der Waals surface area contributed by atoms with Gasteiger partial charge in [-0.15, -0.1) is 6.42 Å². The lowest BCUT2D eigenvalue weighted by atomic mass is 10.3. The minimum Gasteiger partial charge on any atom is -0.319 e. The molecule has 56 valence electrons. The highest BCUT2D eigenvalue weighted by Gasteiger charge is 1.89. The van der Waals surface area contributed by atoms with E-state index in [1.807, 2.05) is 12.1 Å². The summed E-state index contributed by atoms with van der Waals surface area (Å²) in [6.07, 6.45) is 5.03. The van der Waals surface area contributed by atoms with Crippen LogP contribution >= 0.6 is 23.5 Å². The van der Waals surface area contributed by atoms with Crippen molar-refractivity contribution in [3.63, 3.8) is 0 Å². The van der Waals surface area contributed by atoms with Crippen molar-refractivity contribution in [3.8, 4) is 11.7 Å². The molecule has 0 aliphatic carbocycles. The Morgan fingerprint density at radius 1 is 1.36 bits per heavy atom. The van der Waals surface area contributed by atoms with Crippen LogP contribution in [0.5, 0.6) is 0 Å². The fourth-order valence-electron chi connectivity index (χ4n) is 0.606. The van der Waals surface area contributed by atoms with Gasteiger partial charge in [0.1, 0.15) is 0 Å². The van der Waals surface area contributed by atoms with E-state index in [4.69, 9.17) is 18.0 Å². The maximum atomic E-state index is 5.67. The summed E-state index contributed by atoms with van der Waals surface area (Å²) in [7, 11) is 0. The molecule has 0 unspecified atom stereocenters. The van der Waals surface area contributed by atoms with Gasteiger partial charge in [-0.05, 0) is 29.5 Å². The van der Waals surface area contributed by atoms with E-state index in [0.717, 1.165) is 10.7 Å². The summed E-state index contributed by atoms with van der Waals surface area (Å²) in [6.45, 7) is 0. The van der Waals surface area contributed by atoms with Gasteiger partial charge in [0.25, 0.3) is 0 Å². The maximum absolute atomic E-state index is 5.67. The summed E-state index contributed by atoms with van der Waals surface area (Å²) < 4.78 is 2.94. The van der Waals surface area contributed by atoms with Gasteiger partial charge in [-0.1, -0.05) is 11.6 Å². The van der Waals surface area contributed by atoms with Crippen LogP contribution in [0.2, 0.25) is 5.02 Å². The first kappa shape index (κ1) is 8.32. The molecule has 0 aliphatic rings. The molecule has 1 N–H and O–H groups in total. The number of hydrogen-bond acceptors (Lipinski definition) is 2. The molecule has 0 atom stereocenters. The number of anilines is 1. The van der Waals surface area contributed by atoms with Crippen molar-refractivity contribution in [1.29, 1.82) is 0 Å². The molecular weight excluding hydrogens is 178 g/mol. The van der Waals surface area contributed by atoms with Crippen molar-refractivity contribution < 1.29 is 0 Å². The third-order valence-corrected chi connectivity index (χ3v) is 1.78. The van der Waals surface area contributed by atoms with E-state index in [0.29, 0.717) is 0 Å². The summed E-state index contributed by atoms with van der Waals surface area (Å²) in [5, 5.41) is 3.13. The number of halogens is 1. The highest BCUT2D eigenvalue weighted by Crippen LogP contribution is 2.15. The van der Waals surface area contributed by atoms with E-state index in [-0.39, 0.29) is 0 Å². The molecule has 3 heteroatoms. The van der Waals surface area contributed by atoms with E-state index < -0.39 is 0 Å². The molecule has 0 spiro atoms. The summed E-state index contributed by atoms with van der Waals surface area (Å²) in [6, 6.07) is 7.35. The summed E-state index contributed by atoms with van der Waals surface area (Å²) in [5.41, 5.74) is 0.956. The van der Waals surface area contributed by atoms with Gasteiger partial charge in [0, 0.05) is 22.7 Å². The molecule has 1 nitrogen and oxygen atoms in total. The zero-order valence-corrected chi connectivity index (χ0v) is 7.25. The SMILES string of the molecule is C#CSNc1ccc(Cl)cc1. The summed E-state index contributed by atoms with van der Waals surface area (Å²) in [5.74, 6) is 0. The Labute approximate surface area is 75.3 Å². The van der Waals surface area contributed by atoms with Gasteiger partial charge in [-0.2, -0.15) is 0 Å². The Balaban J connectivity index is 2.60. The lowest BCUT2D eigenvalue weighted by Gasteiger charge is -1.98. The van der Waals surface area contributed by atoms with E-state index in [9.17, 15) is 0 Å². The van der Waals surface area contributed by atoms with Crippen molar-refractivity contribution in [3.05, 3.63) is 29.3 Å². The minimum atomic E-state index is 0.723. The number of terminal acetylenes is 1. The predicted molar refractivity (Wildman–Crippen MR) is 51.5 cm³/mol. The molecule has 0 aromatic heterocycles. The van der Waals surface area contributed by atoms with Crippen LogP contribution < -0.4 is 4.72 Å². The van der Waals surface area contributed by atoms with E-state index in [1.54, 1.807) is 12.1 Å². The molecule has 11 heavy (non-hydrogen) atoms. The number of nitrogens with one attached hydrogen (secondary N) is 1. The van der Waals surface area contributed by atoms with Crippen molar-refractivity contribution >= 4 is 29.2 Å². The quantitative estimate of drug-likeness (QED) is 0.559. The van der Waals surface area contributed by atoms with Crippen LogP contribution in [0.3, 0.4) is 0 Å². The highest BCUT2D eigenvalue weighted by atomic mass is 35.5. The molecule has 0 heterocycles. The van der Waals surface area contributed by atoms with E-state index >= 15 is 0 Å². The Morgan fingerprint density at radius 2 is 2.00 bits per heavy atom. The van der Waals surface area contributed by atoms with Crippen LogP contribution in [0, 0.1) is 11.7 Å². The molecule has 1 aromatic carbocycles. The molecule has 0 aliphatic heterocycles. The smallest absolute Gasteiger partial charge is 0.0449 e. The first-order valence-corrected chi connectivity index (χ1v) is 4.15. The monoisotopic (exact) mass is 183 g/mol. The predicted octanol–water partition coefficient (Wildman–Crippen LogP) is 2.99. The van der Waals surface area contributed by atoms with Crippen LogP contribution in [0.25, 0.3) is 0 Å². The second-order valence-electron chi connectivity index (χ2n) is 1.83. The standard InChI is InChI=1S/C8H6ClNS/c1-2-11-10-8-5-3-7(9)4-6-8/h1,3-6,10H. The fraction of sp³-hybridized carbons (Fsp3) is 0. The Kier molecular flexibility index (Phi) is 3.15. The third-order valence-electron chi connectivity index (χ3n) is 1.07. The van der Waals surface area contributed by atoms with Crippen molar-refractivity contribution in [2.24, 2.45) is 0 Å². The van der Waals surface area contributed by atoms with Crippen molar-refractivity contribution in [1.82, 2.24) is 0 Å². The zero-order valence-electron chi connectivity index (χ0n) is 5.67. The van der Waals surface area contributed by atoms with Gasteiger partial charge in [-0.3, -0.25) is 0 Å². The molecule has 0 amide bonds. The second-order valence-corrected chi connectivity index (χ2v) is 2.91. The van der Waals surface area contributed by atoms with E-state index in [2.05, 4.69) is 9.97 Å². The largest absolute Gasteiger partial charge is 0.319 e. The van der Waals surface area contributed by atoms with Crippen LogP contribution in [-0.2, 0) is 0 Å². The summed E-state index contributed by atoms with van der Waals surface area (Å²) >= 11 is 6.87. The van der Waals surface area contributed by atoms with Crippen molar-refractivity contribution in [2.75, 3.05) is 4.72 Å². The Morgan fingerprint density at radius 3 is 2.55 bits per heavy atom. The lowest BCUT2D eigenvalue weighted by Crippen LogP contribution is -1.81. The van der Waals surface area contributed by atoms with Gasteiger partial charge < -0.3 is 4.72 Å². The Hall–Kier alpha value is -0.780. The van der Waals surface area contributed by atoms with Gasteiger partial charge in [-0.25, -0.2) is 0 Å². The molecule has 1 aromatic rings. The average molecular weight is 184 g/mol. The van der Waals surface area contributed by atoms with Crippen LogP contribution in [0.4, 0.5) is 5.69 Å². The molecule has 1 rings (SSSR count). The van der Waals surface area contributed by atoms with Crippen LogP contribution in [0.1, 0.15) is 0 Å². The van der Waals surface area contributed by atoms with Crippen LogP contribution in [-0.4, -0.2) is 0 Å². The van der Waals surface area contributed by atoms with E-state index in [1.165, 1.54) is 11.9 Å². The normalized spacial score (nSPS) is 8.73. The topological polar surface area (TPSA) is 12.0 Å². The fourth-order valence-corrected chi connectivity index (χ4v) is 1.05. The van der Waals surface area contributed by atoms with Crippen molar-refractivity contribution in [2.45, 2.75) is 0 Å². The molecule has 0 saturated carbocycles. The van der Waals surface area contributed by atoms with Gasteiger partial charge in [0.2, 0.25) is 0 Å². The minimum absolute atomic E-state index is 0.723. The molecule has 0 fully saturated rings. The molecular formula is C8H6ClNS. The third kappa shape index (κ3) is 2.75. The molecule has 0 radical (unpaired) electrons.